The van der Waals surface area contributed by atoms with Gasteiger partial charge >= 0.3 is 5.69 Å². The maximum atomic E-state index is 12.0. The molecular weight excluding hydrogens is 322 g/mol. The Bertz CT molecular complexity index is 708. The standard InChI is InChI=1S/C14H19N3O7/c1-8-5-17(14(21)16-12(8)20)13-11(10(19)9(6-18)24-13)23-7-22-4-2-3-15/h5,9-11,13,18-19H,2,4,6-7H2,1H3,(H,16,20,21)/t9-,10?,11?,13-/m0/s1. The van der Waals surface area contributed by atoms with Gasteiger partial charge in [-0.1, -0.05) is 0 Å². The summed E-state index contributed by atoms with van der Waals surface area (Å²) in [5.41, 5.74) is -0.963. The number of nitrogens with one attached hydrogen (secondary N) is 1. The first-order valence-corrected chi connectivity index (χ1v) is 7.32. The molecule has 0 bridgehead atoms. The number of hydrogen-bond acceptors (Lipinski definition) is 8. The Morgan fingerprint density at radius 3 is 2.92 bits per heavy atom. The normalized spacial score (nSPS) is 26.4. The van der Waals surface area contributed by atoms with Crippen LogP contribution in [0.2, 0.25) is 0 Å². The maximum Gasteiger partial charge on any atom is 0.330 e. The zero-order valence-corrected chi connectivity index (χ0v) is 13.0. The third-order valence-corrected chi connectivity index (χ3v) is 3.61. The molecule has 0 saturated carbocycles. The SMILES string of the molecule is Cc1cn([C@H]2O[C@@H](CO)C(O)C2OCOCCC#N)c(=O)[nH]c1=O. The van der Waals surface area contributed by atoms with Crippen LogP contribution < -0.4 is 11.2 Å². The Morgan fingerprint density at radius 2 is 2.25 bits per heavy atom. The van der Waals surface area contributed by atoms with E-state index in [1.807, 2.05) is 6.07 Å². The van der Waals surface area contributed by atoms with Gasteiger partial charge in [-0.2, -0.15) is 5.26 Å². The van der Waals surface area contributed by atoms with Crippen molar-refractivity contribution in [3.63, 3.8) is 0 Å². The molecule has 1 fully saturated rings. The van der Waals surface area contributed by atoms with Gasteiger partial charge in [0.25, 0.3) is 5.56 Å². The molecule has 2 rings (SSSR count). The largest absolute Gasteiger partial charge is 0.394 e. The fourth-order valence-electron chi connectivity index (χ4n) is 2.35. The summed E-state index contributed by atoms with van der Waals surface area (Å²) in [6.07, 6.45) is -2.69. The van der Waals surface area contributed by atoms with Gasteiger partial charge in [0.1, 0.15) is 25.1 Å². The highest BCUT2D eigenvalue weighted by Gasteiger charge is 2.45. The summed E-state index contributed by atoms with van der Waals surface area (Å²) >= 11 is 0. The fourth-order valence-corrected chi connectivity index (χ4v) is 2.35. The Balaban J connectivity index is 2.19. The van der Waals surface area contributed by atoms with Gasteiger partial charge in [-0.25, -0.2) is 4.79 Å². The minimum absolute atomic E-state index is 0.159. The van der Waals surface area contributed by atoms with E-state index in [-0.39, 0.29) is 25.4 Å². The van der Waals surface area contributed by atoms with Crippen molar-refractivity contribution in [2.24, 2.45) is 0 Å². The van der Waals surface area contributed by atoms with E-state index in [4.69, 9.17) is 19.5 Å². The molecule has 132 valence electrons. The third kappa shape index (κ3) is 3.89. The van der Waals surface area contributed by atoms with Crippen LogP contribution in [0.15, 0.2) is 15.8 Å². The highest BCUT2D eigenvalue weighted by atomic mass is 16.7. The molecule has 1 saturated heterocycles. The van der Waals surface area contributed by atoms with Gasteiger partial charge < -0.3 is 24.4 Å². The minimum Gasteiger partial charge on any atom is -0.394 e. The predicted molar refractivity (Wildman–Crippen MR) is 79.0 cm³/mol. The summed E-state index contributed by atoms with van der Waals surface area (Å²) in [6, 6.07) is 1.91. The molecule has 24 heavy (non-hydrogen) atoms. The van der Waals surface area contributed by atoms with Gasteiger partial charge in [0.2, 0.25) is 0 Å². The molecule has 1 aliphatic rings. The van der Waals surface area contributed by atoms with Crippen molar-refractivity contribution in [1.29, 1.82) is 5.26 Å². The van der Waals surface area contributed by atoms with Gasteiger partial charge in [0.05, 0.1) is 25.7 Å². The van der Waals surface area contributed by atoms with Gasteiger partial charge in [-0.15, -0.1) is 0 Å². The maximum absolute atomic E-state index is 12.0. The number of aromatic amines is 1. The first kappa shape index (κ1) is 18.3. The van der Waals surface area contributed by atoms with Crippen LogP contribution in [-0.4, -0.2) is 58.1 Å². The lowest BCUT2D eigenvalue weighted by molar-refractivity contribution is -0.139. The summed E-state index contributed by atoms with van der Waals surface area (Å²) in [5.74, 6) is 0. The zero-order valence-electron chi connectivity index (χ0n) is 13.0. The topological polar surface area (TPSA) is 147 Å². The average Bonchev–Trinajstić information content (AvgIpc) is 2.87. The van der Waals surface area contributed by atoms with Crippen LogP contribution in [0.5, 0.6) is 0 Å². The van der Waals surface area contributed by atoms with Crippen LogP contribution in [0.4, 0.5) is 0 Å². The molecule has 10 heteroatoms. The zero-order chi connectivity index (χ0) is 17.7. The van der Waals surface area contributed by atoms with E-state index in [2.05, 4.69) is 4.98 Å². The molecule has 0 aliphatic carbocycles. The van der Waals surface area contributed by atoms with Crippen LogP contribution >= 0.6 is 0 Å². The van der Waals surface area contributed by atoms with Crippen LogP contribution in [0.1, 0.15) is 18.2 Å². The molecule has 0 spiro atoms. The highest BCUT2D eigenvalue weighted by molar-refractivity contribution is 5.03. The van der Waals surface area contributed by atoms with Crippen LogP contribution in [0.3, 0.4) is 0 Å². The molecule has 0 radical (unpaired) electrons. The number of aryl methyl sites for hydroxylation is 1. The average molecular weight is 341 g/mol. The smallest absolute Gasteiger partial charge is 0.330 e. The van der Waals surface area contributed by atoms with Gasteiger partial charge in [-0.05, 0) is 6.92 Å². The lowest BCUT2D eigenvalue weighted by Gasteiger charge is -2.22. The van der Waals surface area contributed by atoms with Crippen molar-refractivity contribution in [3.05, 3.63) is 32.6 Å². The first-order chi connectivity index (χ1) is 11.5. The van der Waals surface area contributed by atoms with Gasteiger partial charge in [-0.3, -0.25) is 14.3 Å². The summed E-state index contributed by atoms with van der Waals surface area (Å²) < 4.78 is 17.1. The quantitative estimate of drug-likeness (QED) is 0.395. The molecule has 2 unspecified atom stereocenters. The molecule has 2 heterocycles. The van der Waals surface area contributed by atoms with Crippen molar-refractivity contribution in [2.45, 2.75) is 37.9 Å². The van der Waals surface area contributed by atoms with Crippen molar-refractivity contribution < 1.29 is 24.4 Å². The number of nitriles is 1. The number of aromatic nitrogens is 2. The summed E-state index contributed by atoms with van der Waals surface area (Å²) in [6.45, 7) is 0.985. The third-order valence-electron chi connectivity index (χ3n) is 3.61. The number of H-pyrrole nitrogens is 1. The predicted octanol–water partition coefficient (Wildman–Crippen LogP) is -1.63. The monoisotopic (exact) mass is 341 g/mol. The molecule has 0 amide bonds. The molecule has 10 nitrogen and oxygen atoms in total. The molecule has 0 aromatic carbocycles. The second kappa shape index (κ2) is 8.18. The van der Waals surface area contributed by atoms with Crippen LogP contribution in [-0.2, 0) is 14.2 Å². The van der Waals surface area contributed by atoms with Gasteiger partial charge in [0, 0.05) is 11.8 Å². The summed E-state index contributed by atoms with van der Waals surface area (Å²) in [7, 11) is 0. The van der Waals surface area contributed by atoms with Crippen molar-refractivity contribution >= 4 is 0 Å². The van der Waals surface area contributed by atoms with E-state index in [0.717, 1.165) is 4.57 Å². The Morgan fingerprint density at radius 1 is 1.50 bits per heavy atom. The molecule has 1 aliphatic heterocycles. The van der Waals surface area contributed by atoms with Crippen LogP contribution in [0.25, 0.3) is 0 Å². The lowest BCUT2D eigenvalue weighted by Crippen LogP contribution is -2.40. The molecule has 1 aromatic heterocycles. The number of ether oxygens (including phenoxy) is 3. The second-order valence-electron chi connectivity index (χ2n) is 5.28. The van der Waals surface area contributed by atoms with Crippen molar-refractivity contribution in [3.8, 4) is 6.07 Å². The number of aliphatic hydroxyl groups excluding tert-OH is 2. The van der Waals surface area contributed by atoms with E-state index < -0.39 is 42.4 Å². The summed E-state index contributed by atoms with van der Waals surface area (Å²) in [4.78, 5) is 25.6. The van der Waals surface area contributed by atoms with Crippen LogP contribution in [0, 0.1) is 18.3 Å². The Labute approximate surface area is 136 Å². The highest BCUT2D eigenvalue weighted by Crippen LogP contribution is 2.30. The lowest BCUT2D eigenvalue weighted by atomic mass is 10.1. The first-order valence-electron chi connectivity index (χ1n) is 7.32. The number of aliphatic hydroxyl groups is 2. The van der Waals surface area contributed by atoms with E-state index in [1.165, 1.54) is 13.1 Å². The minimum atomic E-state index is -1.20. The van der Waals surface area contributed by atoms with E-state index >= 15 is 0 Å². The molecular formula is C14H19N3O7. The van der Waals surface area contributed by atoms with E-state index in [9.17, 15) is 19.8 Å². The Hall–Kier alpha value is -2.03. The fraction of sp³-hybridized carbons (Fsp3) is 0.643. The van der Waals surface area contributed by atoms with E-state index in [0.29, 0.717) is 0 Å². The molecule has 1 aromatic rings. The second-order valence-corrected chi connectivity index (χ2v) is 5.28. The molecule has 3 N–H and O–H groups in total. The van der Waals surface area contributed by atoms with Gasteiger partial charge in [0.15, 0.2) is 6.23 Å². The number of hydrogen-bond donors (Lipinski definition) is 3. The summed E-state index contributed by atoms with van der Waals surface area (Å²) in [5, 5.41) is 27.9. The van der Waals surface area contributed by atoms with Crippen molar-refractivity contribution in [1.82, 2.24) is 9.55 Å². The number of nitrogens with zero attached hydrogens (tertiary/aromatic N) is 2. The van der Waals surface area contributed by atoms with Crippen molar-refractivity contribution in [2.75, 3.05) is 20.0 Å². The molecule has 4 atom stereocenters. The number of rotatable bonds is 7. The van der Waals surface area contributed by atoms with E-state index in [1.54, 1.807) is 0 Å². The Kier molecular flexibility index (Phi) is 6.24.